The summed E-state index contributed by atoms with van der Waals surface area (Å²) in [5.41, 5.74) is 9.29. The highest BCUT2D eigenvalue weighted by Gasteiger charge is 2.48. The average Bonchev–Trinajstić information content (AvgIpc) is 3.30. The number of carbonyl (C=O) groups is 2. The molecule has 1 aliphatic heterocycles. The molecule has 1 heterocycles. The monoisotopic (exact) mass is 611 g/mol. The molecule has 0 spiro atoms. The maximum absolute atomic E-state index is 12.7. The fraction of sp³-hybridized carbons (Fsp3) is 0.375. The number of rotatable bonds is 9. The number of nitrogens with one attached hydrogen (secondary N) is 1. The van der Waals surface area contributed by atoms with Crippen LogP contribution in [-0.2, 0) is 21.4 Å². The van der Waals surface area contributed by atoms with Crippen molar-refractivity contribution in [1.29, 1.82) is 0 Å². The quantitative estimate of drug-likeness (QED) is 0.177. The highest BCUT2D eigenvalue weighted by atomic mass is 19.4. The molecular formula is C32H34F3N4O5-. The summed E-state index contributed by atoms with van der Waals surface area (Å²) < 4.78 is 31.8. The average molecular weight is 612 g/mol. The third-order valence-electron chi connectivity index (χ3n) is 8.13. The second-order valence-corrected chi connectivity index (χ2v) is 10.9. The van der Waals surface area contributed by atoms with E-state index in [4.69, 9.17) is 5.73 Å². The van der Waals surface area contributed by atoms with Crippen molar-refractivity contribution in [3.63, 3.8) is 0 Å². The van der Waals surface area contributed by atoms with Crippen molar-refractivity contribution in [3.8, 4) is 11.1 Å². The number of carboxylic acid groups (broad SMARTS) is 1. The summed E-state index contributed by atoms with van der Waals surface area (Å²) in [4.78, 5) is 40.0. The van der Waals surface area contributed by atoms with E-state index in [-0.39, 0.29) is 18.0 Å². The van der Waals surface area contributed by atoms with E-state index in [0.717, 1.165) is 60.3 Å². The molecule has 2 N–H and O–H groups in total. The molecule has 0 saturated carbocycles. The summed E-state index contributed by atoms with van der Waals surface area (Å²) in [6, 6.07) is 21.8. The number of benzene rings is 3. The lowest BCUT2D eigenvalue weighted by atomic mass is 9.74. The van der Waals surface area contributed by atoms with Crippen LogP contribution >= 0.6 is 0 Å². The van der Waals surface area contributed by atoms with Crippen LogP contribution in [0.2, 0.25) is 0 Å². The zero-order chi connectivity index (χ0) is 31.9. The Morgan fingerprint density at radius 3 is 1.89 bits per heavy atom. The highest BCUT2D eigenvalue weighted by Crippen LogP contribution is 2.51. The van der Waals surface area contributed by atoms with E-state index in [9.17, 15) is 38.0 Å². The maximum atomic E-state index is 12.7. The zero-order valence-corrected chi connectivity index (χ0v) is 24.1. The Morgan fingerprint density at radius 1 is 0.886 bits per heavy atom. The largest absolute Gasteiger partial charge is 0.670 e. The number of nitro benzene ring substituents is 1. The Labute approximate surface area is 253 Å². The summed E-state index contributed by atoms with van der Waals surface area (Å²) in [6.07, 6.45) is -1.84. The van der Waals surface area contributed by atoms with Crippen molar-refractivity contribution in [3.05, 3.63) is 105 Å². The van der Waals surface area contributed by atoms with Gasteiger partial charge < -0.3 is 15.7 Å². The number of hydrogen-bond donors (Lipinski definition) is 1. The first kappa shape index (κ1) is 32.6. The minimum Gasteiger partial charge on any atom is -0.670 e. The molecule has 0 bridgehead atoms. The van der Waals surface area contributed by atoms with E-state index in [1.165, 1.54) is 12.1 Å². The van der Waals surface area contributed by atoms with Crippen LogP contribution in [-0.4, -0.2) is 77.2 Å². The predicted molar refractivity (Wildman–Crippen MR) is 159 cm³/mol. The minimum absolute atomic E-state index is 0.0189. The molecule has 44 heavy (non-hydrogen) atoms. The van der Waals surface area contributed by atoms with Crippen molar-refractivity contribution < 1.29 is 32.8 Å². The fourth-order valence-corrected chi connectivity index (χ4v) is 5.90. The molecule has 1 saturated heterocycles. The highest BCUT2D eigenvalue weighted by molar-refractivity contribution is 5.97. The number of carbonyl (C=O) groups excluding carboxylic acids is 1. The first-order valence-corrected chi connectivity index (χ1v) is 14.3. The number of nitrogens with zero attached hydrogens (tertiary/aromatic N) is 3. The molecule has 9 nitrogen and oxygen atoms in total. The fourth-order valence-electron chi connectivity index (χ4n) is 5.90. The lowest BCUT2D eigenvalue weighted by Gasteiger charge is -2.35. The molecule has 0 radical (unpaired) electrons. The van der Waals surface area contributed by atoms with Gasteiger partial charge in [-0.25, -0.2) is 0 Å². The molecule has 0 unspecified atom stereocenters. The van der Waals surface area contributed by atoms with Crippen molar-refractivity contribution >= 4 is 17.6 Å². The number of hydrogen-bond acceptors (Lipinski definition) is 5. The van der Waals surface area contributed by atoms with E-state index in [2.05, 4.69) is 4.90 Å². The molecule has 0 aromatic heterocycles. The first-order valence-electron chi connectivity index (χ1n) is 14.3. The van der Waals surface area contributed by atoms with Crippen LogP contribution < -0.4 is 0 Å². The van der Waals surface area contributed by atoms with Gasteiger partial charge in [-0.05, 0) is 47.2 Å². The van der Waals surface area contributed by atoms with Crippen molar-refractivity contribution in [2.75, 3.05) is 39.3 Å². The van der Waals surface area contributed by atoms with Crippen LogP contribution in [0.15, 0.2) is 72.8 Å². The molecule has 1 fully saturated rings. The van der Waals surface area contributed by atoms with Crippen LogP contribution in [0.5, 0.6) is 0 Å². The van der Waals surface area contributed by atoms with Gasteiger partial charge in [-0.15, -0.1) is 0 Å². The SMILES string of the molecule is O=C(Cc1ccc([N+](=O)[O-])cc1)N1CCN(CCCCC2(C(=O)O)c3ccccc3-c3ccccc32)CC1.[NH-]CC(F)(F)F. The van der Waals surface area contributed by atoms with Crippen molar-refractivity contribution in [1.82, 2.24) is 9.80 Å². The molecular weight excluding hydrogens is 577 g/mol. The molecule has 12 heteroatoms. The van der Waals surface area contributed by atoms with E-state index in [1.807, 2.05) is 53.4 Å². The van der Waals surface area contributed by atoms with E-state index >= 15 is 0 Å². The van der Waals surface area contributed by atoms with Crippen LogP contribution in [0.25, 0.3) is 16.9 Å². The Bertz CT molecular complexity index is 1430. The number of carboxylic acids is 1. The molecule has 1 aliphatic carbocycles. The standard InChI is InChI=1S/C30H31N3O5.C2H3F3N/c34-28(21-22-11-13-23(14-12-22)33(37)38)32-19-17-31(18-20-32)16-6-5-15-30(29(35)36)26-9-3-1-7-24(26)25-8-2-4-10-27(25)30;3-2(4,5)1-6/h1-4,7-14H,5-6,15-21H2,(H,35,36);6H,1H2/q;-1. The smallest absolute Gasteiger partial charge is 0.370 e. The van der Waals surface area contributed by atoms with Gasteiger partial charge in [0.15, 0.2) is 0 Å². The van der Waals surface area contributed by atoms with Gasteiger partial charge >= 0.3 is 12.1 Å². The maximum Gasteiger partial charge on any atom is 0.370 e. The number of amides is 1. The second-order valence-electron chi connectivity index (χ2n) is 10.9. The summed E-state index contributed by atoms with van der Waals surface area (Å²) in [5, 5.41) is 21.3. The van der Waals surface area contributed by atoms with E-state index in [1.54, 1.807) is 12.1 Å². The molecule has 234 valence electrons. The number of nitro groups is 1. The Hall–Kier alpha value is -4.29. The van der Waals surface area contributed by atoms with Gasteiger partial charge in [-0.2, -0.15) is 13.2 Å². The third-order valence-corrected chi connectivity index (χ3v) is 8.13. The summed E-state index contributed by atoms with van der Waals surface area (Å²) >= 11 is 0. The van der Waals surface area contributed by atoms with Gasteiger partial charge in [0.1, 0.15) is 5.41 Å². The summed E-state index contributed by atoms with van der Waals surface area (Å²) in [7, 11) is 0. The topological polar surface area (TPSA) is 128 Å². The summed E-state index contributed by atoms with van der Waals surface area (Å²) in [5.74, 6) is -0.768. The lowest BCUT2D eigenvalue weighted by Crippen LogP contribution is -2.49. The molecule has 0 atom stereocenters. The number of non-ortho nitro benzene ring substituents is 1. The van der Waals surface area contributed by atoms with E-state index < -0.39 is 29.0 Å². The molecule has 5 rings (SSSR count). The van der Waals surface area contributed by atoms with Crippen LogP contribution in [0.3, 0.4) is 0 Å². The number of halogens is 3. The molecule has 1 amide bonds. The lowest BCUT2D eigenvalue weighted by molar-refractivity contribution is -0.384. The van der Waals surface area contributed by atoms with Gasteiger partial charge in [-0.1, -0.05) is 73.6 Å². The number of alkyl halides is 3. The van der Waals surface area contributed by atoms with Gasteiger partial charge in [0, 0.05) is 38.3 Å². The third kappa shape index (κ3) is 7.43. The van der Waals surface area contributed by atoms with E-state index in [0.29, 0.717) is 19.5 Å². The Morgan fingerprint density at radius 2 is 1.41 bits per heavy atom. The Kier molecular flexibility index (Phi) is 10.4. The number of aliphatic carboxylic acids is 1. The van der Waals surface area contributed by atoms with Crippen LogP contribution in [0, 0.1) is 10.1 Å². The van der Waals surface area contributed by atoms with Gasteiger partial charge in [-0.3, -0.25) is 24.6 Å². The number of fused-ring (bicyclic) bond motifs is 3. The van der Waals surface area contributed by atoms with Crippen molar-refractivity contribution in [2.45, 2.75) is 37.3 Å². The zero-order valence-electron chi connectivity index (χ0n) is 24.1. The normalized spacial score (nSPS) is 15.5. The van der Waals surface area contributed by atoms with Gasteiger partial charge in [0.2, 0.25) is 5.91 Å². The van der Waals surface area contributed by atoms with Gasteiger partial charge in [0.05, 0.1) is 11.3 Å². The predicted octanol–water partition coefficient (Wildman–Crippen LogP) is 6.10. The number of piperazine rings is 1. The summed E-state index contributed by atoms with van der Waals surface area (Å²) in [6.45, 7) is 2.23. The molecule has 3 aromatic carbocycles. The van der Waals surface area contributed by atoms with Crippen LogP contribution in [0.4, 0.5) is 18.9 Å². The van der Waals surface area contributed by atoms with Crippen molar-refractivity contribution in [2.24, 2.45) is 0 Å². The number of unbranched alkanes of at least 4 members (excludes halogenated alkanes) is 1. The molecule has 2 aliphatic rings. The second kappa shape index (κ2) is 14.0. The molecule has 3 aromatic rings. The van der Waals surface area contributed by atoms with Gasteiger partial charge in [0.25, 0.3) is 5.69 Å². The first-order chi connectivity index (χ1) is 21.0. The Balaban J connectivity index is 0.000000670. The van der Waals surface area contributed by atoms with Crippen LogP contribution in [0.1, 0.15) is 36.0 Å². The minimum atomic E-state index is -4.29.